The SMILES string of the molecule is COCCCC(C)C(=O)N(C)C1c2ccccc2-c2ccccc21. The molecule has 3 rings (SSSR count). The van der Waals surface area contributed by atoms with Gasteiger partial charge in [0.1, 0.15) is 0 Å². The van der Waals surface area contributed by atoms with Gasteiger partial charge in [-0.1, -0.05) is 55.5 Å². The minimum Gasteiger partial charge on any atom is -0.385 e. The average Bonchev–Trinajstić information content (AvgIpc) is 2.95. The van der Waals surface area contributed by atoms with Crippen molar-refractivity contribution < 1.29 is 9.53 Å². The first-order valence-corrected chi connectivity index (χ1v) is 8.59. The fourth-order valence-corrected chi connectivity index (χ4v) is 3.68. The molecule has 0 fully saturated rings. The van der Waals surface area contributed by atoms with Crippen LogP contribution >= 0.6 is 0 Å². The molecule has 3 nitrogen and oxygen atoms in total. The van der Waals surface area contributed by atoms with Crippen LogP contribution in [0, 0.1) is 5.92 Å². The van der Waals surface area contributed by atoms with E-state index in [4.69, 9.17) is 4.74 Å². The molecule has 126 valence electrons. The molecular weight excluding hydrogens is 298 g/mol. The Morgan fingerprint density at radius 2 is 1.62 bits per heavy atom. The van der Waals surface area contributed by atoms with E-state index < -0.39 is 0 Å². The van der Waals surface area contributed by atoms with Crippen molar-refractivity contribution in [3.63, 3.8) is 0 Å². The predicted octanol–water partition coefficient (Wildman–Crippen LogP) is 4.28. The Bertz CT molecular complexity index is 680. The van der Waals surface area contributed by atoms with Gasteiger partial charge in [0, 0.05) is 26.7 Å². The van der Waals surface area contributed by atoms with E-state index in [0.717, 1.165) is 12.8 Å². The van der Waals surface area contributed by atoms with Gasteiger partial charge in [0.05, 0.1) is 6.04 Å². The smallest absolute Gasteiger partial charge is 0.225 e. The zero-order chi connectivity index (χ0) is 17.1. The van der Waals surface area contributed by atoms with Gasteiger partial charge in [-0.05, 0) is 35.1 Å². The molecule has 2 aromatic carbocycles. The quantitative estimate of drug-likeness (QED) is 0.743. The van der Waals surface area contributed by atoms with Crippen LogP contribution in [-0.4, -0.2) is 31.6 Å². The van der Waals surface area contributed by atoms with Crippen LogP contribution in [0.15, 0.2) is 48.5 Å². The van der Waals surface area contributed by atoms with Gasteiger partial charge in [0.25, 0.3) is 0 Å². The van der Waals surface area contributed by atoms with E-state index in [1.54, 1.807) is 7.11 Å². The van der Waals surface area contributed by atoms with Crippen molar-refractivity contribution in [2.75, 3.05) is 20.8 Å². The lowest BCUT2D eigenvalue weighted by atomic mass is 9.99. The summed E-state index contributed by atoms with van der Waals surface area (Å²) < 4.78 is 5.10. The van der Waals surface area contributed by atoms with Crippen molar-refractivity contribution in [2.45, 2.75) is 25.8 Å². The minimum atomic E-state index is 0.00470. The van der Waals surface area contributed by atoms with E-state index in [1.165, 1.54) is 22.3 Å². The number of carbonyl (C=O) groups excluding carboxylic acids is 1. The zero-order valence-corrected chi connectivity index (χ0v) is 14.7. The number of amides is 1. The molecule has 1 aliphatic rings. The molecule has 0 saturated carbocycles. The van der Waals surface area contributed by atoms with E-state index in [2.05, 4.69) is 48.5 Å². The number of ether oxygens (including phenoxy) is 1. The molecule has 1 amide bonds. The molecular formula is C21H25NO2. The molecule has 0 aliphatic heterocycles. The highest BCUT2D eigenvalue weighted by atomic mass is 16.5. The normalized spacial score (nSPS) is 14.1. The highest BCUT2D eigenvalue weighted by Crippen LogP contribution is 2.46. The maximum Gasteiger partial charge on any atom is 0.225 e. The third-order valence-electron chi connectivity index (χ3n) is 4.94. The second-order valence-electron chi connectivity index (χ2n) is 6.56. The van der Waals surface area contributed by atoms with Gasteiger partial charge in [-0.25, -0.2) is 0 Å². The van der Waals surface area contributed by atoms with Crippen LogP contribution in [-0.2, 0) is 9.53 Å². The lowest BCUT2D eigenvalue weighted by Crippen LogP contribution is -2.35. The Balaban J connectivity index is 1.87. The summed E-state index contributed by atoms with van der Waals surface area (Å²) in [5, 5.41) is 0. The van der Waals surface area contributed by atoms with Gasteiger partial charge in [-0.15, -0.1) is 0 Å². The minimum absolute atomic E-state index is 0.00470. The number of carbonyl (C=O) groups is 1. The van der Waals surface area contributed by atoms with E-state index >= 15 is 0 Å². The zero-order valence-electron chi connectivity index (χ0n) is 14.7. The van der Waals surface area contributed by atoms with Crippen LogP contribution in [0.25, 0.3) is 11.1 Å². The number of hydrogen-bond acceptors (Lipinski definition) is 2. The van der Waals surface area contributed by atoms with Gasteiger partial charge in [-0.3, -0.25) is 4.79 Å². The van der Waals surface area contributed by atoms with Crippen molar-refractivity contribution in [3.8, 4) is 11.1 Å². The Kier molecular flexibility index (Phi) is 5.00. The Morgan fingerprint density at radius 1 is 1.08 bits per heavy atom. The second-order valence-corrected chi connectivity index (χ2v) is 6.56. The second kappa shape index (κ2) is 7.18. The summed E-state index contributed by atoms with van der Waals surface area (Å²) in [5.41, 5.74) is 4.92. The van der Waals surface area contributed by atoms with Crippen LogP contribution in [0.3, 0.4) is 0 Å². The lowest BCUT2D eigenvalue weighted by molar-refractivity contribution is -0.135. The molecule has 0 bridgehead atoms. The molecule has 0 radical (unpaired) electrons. The summed E-state index contributed by atoms with van der Waals surface area (Å²) in [5.74, 6) is 0.202. The van der Waals surface area contributed by atoms with E-state index in [0.29, 0.717) is 6.61 Å². The van der Waals surface area contributed by atoms with E-state index in [1.807, 2.05) is 18.9 Å². The van der Waals surface area contributed by atoms with Crippen molar-refractivity contribution in [3.05, 3.63) is 59.7 Å². The molecule has 3 heteroatoms. The van der Waals surface area contributed by atoms with Gasteiger partial charge >= 0.3 is 0 Å². The Morgan fingerprint density at radius 3 is 2.17 bits per heavy atom. The monoisotopic (exact) mass is 323 g/mol. The summed E-state index contributed by atoms with van der Waals surface area (Å²) in [6, 6.07) is 16.8. The molecule has 0 saturated heterocycles. The van der Waals surface area contributed by atoms with Crippen LogP contribution < -0.4 is 0 Å². The standard InChI is InChI=1S/C21H25NO2/c1-15(9-8-14-24-3)21(23)22(2)20-18-12-6-4-10-16(18)17-11-5-7-13-19(17)20/h4-7,10-13,15,20H,8-9,14H2,1-3H3. The topological polar surface area (TPSA) is 29.5 Å². The van der Waals surface area contributed by atoms with Crippen molar-refractivity contribution in [1.29, 1.82) is 0 Å². The lowest BCUT2D eigenvalue weighted by Gasteiger charge is -2.29. The molecule has 0 N–H and O–H groups in total. The Labute approximate surface area is 144 Å². The molecule has 0 heterocycles. The first-order valence-electron chi connectivity index (χ1n) is 8.59. The summed E-state index contributed by atoms with van der Waals surface area (Å²) in [7, 11) is 3.63. The Hall–Kier alpha value is -2.13. The molecule has 1 aliphatic carbocycles. The van der Waals surface area contributed by atoms with E-state index in [-0.39, 0.29) is 17.9 Å². The van der Waals surface area contributed by atoms with Gasteiger partial charge in [0.15, 0.2) is 0 Å². The van der Waals surface area contributed by atoms with Gasteiger partial charge < -0.3 is 9.64 Å². The fourth-order valence-electron chi connectivity index (χ4n) is 3.68. The van der Waals surface area contributed by atoms with Crippen LogP contribution in [0.4, 0.5) is 0 Å². The van der Waals surface area contributed by atoms with Crippen molar-refractivity contribution in [2.24, 2.45) is 5.92 Å². The summed E-state index contributed by atoms with van der Waals surface area (Å²) in [6.07, 6.45) is 1.77. The van der Waals surface area contributed by atoms with Crippen LogP contribution in [0.2, 0.25) is 0 Å². The van der Waals surface area contributed by atoms with Gasteiger partial charge in [0.2, 0.25) is 5.91 Å². The molecule has 1 unspecified atom stereocenters. The van der Waals surface area contributed by atoms with Crippen molar-refractivity contribution in [1.82, 2.24) is 4.90 Å². The highest BCUT2D eigenvalue weighted by Gasteiger charge is 2.34. The maximum atomic E-state index is 12.9. The molecule has 24 heavy (non-hydrogen) atoms. The number of methoxy groups -OCH3 is 1. The third-order valence-corrected chi connectivity index (χ3v) is 4.94. The number of benzene rings is 2. The third kappa shape index (κ3) is 2.96. The van der Waals surface area contributed by atoms with E-state index in [9.17, 15) is 4.79 Å². The van der Waals surface area contributed by atoms with Crippen LogP contribution in [0.5, 0.6) is 0 Å². The number of nitrogens with zero attached hydrogens (tertiary/aromatic N) is 1. The summed E-state index contributed by atoms with van der Waals surface area (Å²) in [6.45, 7) is 2.72. The largest absolute Gasteiger partial charge is 0.385 e. The fraction of sp³-hybridized carbons (Fsp3) is 0.381. The number of fused-ring (bicyclic) bond motifs is 3. The van der Waals surface area contributed by atoms with Crippen LogP contribution in [0.1, 0.15) is 36.9 Å². The summed E-state index contributed by atoms with van der Waals surface area (Å²) in [4.78, 5) is 14.8. The summed E-state index contributed by atoms with van der Waals surface area (Å²) >= 11 is 0. The highest BCUT2D eigenvalue weighted by molar-refractivity contribution is 5.84. The maximum absolute atomic E-state index is 12.9. The first-order chi connectivity index (χ1) is 11.6. The number of rotatable bonds is 6. The predicted molar refractivity (Wildman–Crippen MR) is 96.8 cm³/mol. The molecule has 0 aromatic heterocycles. The number of hydrogen-bond donors (Lipinski definition) is 0. The molecule has 2 aromatic rings. The van der Waals surface area contributed by atoms with Crippen molar-refractivity contribution >= 4 is 5.91 Å². The first kappa shape index (κ1) is 16.7. The van der Waals surface area contributed by atoms with Gasteiger partial charge in [-0.2, -0.15) is 0 Å². The molecule has 1 atom stereocenters. The molecule has 0 spiro atoms. The average molecular weight is 323 g/mol.